The van der Waals surface area contributed by atoms with Gasteiger partial charge in [0.25, 0.3) is 5.91 Å². The van der Waals surface area contributed by atoms with Crippen molar-refractivity contribution in [1.82, 2.24) is 10.2 Å². The first-order valence-electron chi connectivity index (χ1n) is 8.37. The minimum absolute atomic E-state index is 0.0251. The molecule has 1 aliphatic heterocycles. The van der Waals surface area contributed by atoms with E-state index in [4.69, 9.17) is 9.47 Å². The molecule has 1 fully saturated rings. The monoisotopic (exact) mass is 394 g/mol. The SMILES string of the molecule is COc1ccc(C(C)=O)cc1CSCC(=O)O[C@@H](C)C(=O)N1CCNC1=O. The Kier molecular flexibility index (Phi) is 7.23. The summed E-state index contributed by atoms with van der Waals surface area (Å²) in [4.78, 5) is 48.1. The first-order chi connectivity index (χ1) is 12.8. The van der Waals surface area contributed by atoms with Crippen molar-refractivity contribution in [3.8, 4) is 5.75 Å². The molecule has 1 N–H and O–H groups in total. The van der Waals surface area contributed by atoms with Crippen LogP contribution in [0, 0.1) is 0 Å². The van der Waals surface area contributed by atoms with E-state index in [1.165, 1.54) is 32.7 Å². The lowest BCUT2D eigenvalue weighted by Crippen LogP contribution is -2.42. The summed E-state index contributed by atoms with van der Waals surface area (Å²) in [6, 6.07) is 4.66. The number of ether oxygens (including phenoxy) is 2. The molecule has 0 saturated carbocycles. The fraction of sp³-hybridized carbons (Fsp3) is 0.444. The van der Waals surface area contributed by atoms with Gasteiger partial charge in [-0.3, -0.25) is 19.3 Å². The Morgan fingerprint density at radius 2 is 2.07 bits per heavy atom. The molecule has 0 radical (unpaired) electrons. The Labute approximate surface area is 161 Å². The third kappa shape index (κ3) is 5.46. The lowest BCUT2D eigenvalue weighted by Gasteiger charge is -2.18. The van der Waals surface area contributed by atoms with Gasteiger partial charge in [-0.05, 0) is 32.0 Å². The van der Waals surface area contributed by atoms with Crippen LogP contribution in [0.2, 0.25) is 0 Å². The van der Waals surface area contributed by atoms with Crippen LogP contribution in [0.25, 0.3) is 0 Å². The first kappa shape index (κ1) is 20.8. The van der Waals surface area contributed by atoms with Gasteiger partial charge in [0.2, 0.25) is 0 Å². The Bertz CT molecular complexity index is 751. The lowest BCUT2D eigenvalue weighted by atomic mass is 10.1. The van der Waals surface area contributed by atoms with E-state index in [9.17, 15) is 19.2 Å². The summed E-state index contributed by atoms with van der Waals surface area (Å²) in [7, 11) is 1.53. The minimum Gasteiger partial charge on any atom is -0.496 e. The van der Waals surface area contributed by atoms with E-state index in [1.807, 2.05) is 0 Å². The molecular formula is C18H22N2O6S. The van der Waals surface area contributed by atoms with Crippen LogP contribution in [-0.4, -0.2) is 60.6 Å². The topological polar surface area (TPSA) is 102 Å². The van der Waals surface area contributed by atoms with Gasteiger partial charge in [-0.1, -0.05) is 0 Å². The number of esters is 1. The van der Waals surface area contributed by atoms with Crippen LogP contribution in [0.3, 0.4) is 0 Å². The highest BCUT2D eigenvalue weighted by Crippen LogP contribution is 2.25. The molecule has 2 rings (SSSR count). The molecule has 0 unspecified atom stereocenters. The van der Waals surface area contributed by atoms with E-state index in [2.05, 4.69) is 5.32 Å². The third-order valence-corrected chi connectivity index (χ3v) is 4.90. The molecule has 8 nitrogen and oxygen atoms in total. The van der Waals surface area contributed by atoms with Crippen molar-refractivity contribution in [1.29, 1.82) is 0 Å². The largest absolute Gasteiger partial charge is 0.496 e. The average molecular weight is 394 g/mol. The Morgan fingerprint density at radius 1 is 1.33 bits per heavy atom. The predicted molar refractivity (Wildman–Crippen MR) is 99.8 cm³/mol. The Hall–Kier alpha value is -2.55. The number of urea groups is 1. The molecule has 1 heterocycles. The molecule has 27 heavy (non-hydrogen) atoms. The van der Waals surface area contributed by atoms with Gasteiger partial charge in [-0.25, -0.2) is 4.79 Å². The van der Waals surface area contributed by atoms with Crippen LogP contribution in [-0.2, 0) is 20.1 Å². The molecule has 0 bridgehead atoms. The van der Waals surface area contributed by atoms with Crippen molar-refractivity contribution in [2.24, 2.45) is 0 Å². The average Bonchev–Trinajstić information content (AvgIpc) is 3.06. The van der Waals surface area contributed by atoms with Crippen molar-refractivity contribution in [3.05, 3.63) is 29.3 Å². The standard InChI is InChI=1S/C18H22N2O6S/c1-11(21)13-4-5-15(25-3)14(8-13)9-27-10-16(22)26-12(2)17(23)20-7-6-19-18(20)24/h4-5,8,12H,6-7,9-10H2,1-3H3,(H,19,24)/t12-/m0/s1. The number of amides is 3. The second-order valence-corrected chi connectivity index (χ2v) is 6.92. The molecule has 1 aliphatic rings. The van der Waals surface area contributed by atoms with Crippen molar-refractivity contribution < 1.29 is 28.7 Å². The van der Waals surface area contributed by atoms with E-state index in [0.29, 0.717) is 23.6 Å². The lowest BCUT2D eigenvalue weighted by molar-refractivity contribution is -0.155. The Balaban J connectivity index is 1.85. The van der Waals surface area contributed by atoms with E-state index in [1.54, 1.807) is 18.2 Å². The third-order valence-electron chi connectivity index (χ3n) is 3.94. The number of methoxy groups -OCH3 is 1. The second-order valence-electron chi connectivity index (χ2n) is 5.93. The van der Waals surface area contributed by atoms with E-state index in [0.717, 1.165) is 10.5 Å². The van der Waals surface area contributed by atoms with Crippen LogP contribution in [0.15, 0.2) is 18.2 Å². The zero-order chi connectivity index (χ0) is 20.0. The number of rotatable bonds is 8. The molecule has 146 valence electrons. The number of imide groups is 1. The van der Waals surface area contributed by atoms with Crippen LogP contribution in [0.1, 0.15) is 29.8 Å². The number of carbonyl (C=O) groups excluding carboxylic acids is 4. The van der Waals surface area contributed by atoms with Gasteiger partial charge in [-0.2, -0.15) is 0 Å². The van der Waals surface area contributed by atoms with Gasteiger partial charge in [0.05, 0.1) is 12.9 Å². The van der Waals surface area contributed by atoms with E-state index < -0.39 is 24.0 Å². The molecule has 0 aromatic heterocycles. The number of carbonyl (C=O) groups is 4. The van der Waals surface area contributed by atoms with Crippen LogP contribution in [0.4, 0.5) is 4.79 Å². The van der Waals surface area contributed by atoms with Gasteiger partial charge in [-0.15, -0.1) is 11.8 Å². The van der Waals surface area contributed by atoms with Gasteiger partial charge in [0.15, 0.2) is 11.9 Å². The number of hydrogen-bond donors (Lipinski definition) is 1. The molecule has 0 aliphatic carbocycles. The number of Topliss-reactive ketones (excluding diaryl/α,β-unsaturated/α-hetero) is 1. The second kappa shape index (κ2) is 9.40. The summed E-state index contributed by atoms with van der Waals surface area (Å²) in [5.41, 5.74) is 1.36. The van der Waals surface area contributed by atoms with E-state index in [-0.39, 0.29) is 18.1 Å². The number of nitrogens with one attached hydrogen (secondary N) is 1. The Morgan fingerprint density at radius 3 is 2.67 bits per heavy atom. The zero-order valence-corrected chi connectivity index (χ0v) is 16.3. The highest BCUT2D eigenvalue weighted by atomic mass is 32.2. The number of nitrogens with zero attached hydrogens (tertiary/aromatic N) is 1. The fourth-order valence-corrected chi connectivity index (χ4v) is 3.32. The molecule has 1 aromatic rings. The molecule has 1 saturated heterocycles. The fourth-order valence-electron chi connectivity index (χ4n) is 2.54. The molecular weight excluding hydrogens is 372 g/mol. The maximum Gasteiger partial charge on any atom is 0.324 e. The molecule has 9 heteroatoms. The van der Waals surface area contributed by atoms with Gasteiger partial charge >= 0.3 is 12.0 Å². The van der Waals surface area contributed by atoms with Gasteiger partial charge < -0.3 is 14.8 Å². The molecule has 1 aromatic carbocycles. The highest BCUT2D eigenvalue weighted by Gasteiger charge is 2.31. The summed E-state index contributed by atoms with van der Waals surface area (Å²) >= 11 is 1.28. The van der Waals surface area contributed by atoms with Crippen molar-refractivity contribution in [2.75, 3.05) is 26.0 Å². The predicted octanol–water partition coefficient (Wildman–Crippen LogP) is 1.61. The number of hydrogen-bond acceptors (Lipinski definition) is 7. The number of benzene rings is 1. The quantitative estimate of drug-likeness (QED) is 0.528. The minimum atomic E-state index is -1.03. The first-order valence-corrected chi connectivity index (χ1v) is 9.53. The number of thioether (sulfide) groups is 1. The normalized spacial score (nSPS) is 14.5. The summed E-state index contributed by atoms with van der Waals surface area (Å²) < 4.78 is 10.4. The van der Waals surface area contributed by atoms with E-state index >= 15 is 0 Å². The summed E-state index contributed by atoms with van der Waals surface area (Å²) in [5.74, 6) is -0.0551. The highest BCUT2D eigenvalue weighted by molar-refractivity contribution is 7.99. The van der Waals surface area contributed by atoms with Crippen molar-refractivity contribution in [2.45, 2.75) is 25.7 Å². The molecule has 1 atom stereocenters. The zero-order valence-electron chi connectivity index (χ0n) is 15.4. The summed E-state index contributed by atoms with van der Waals surface area (Å²) in [5, 5.41) is 2.52. The number of ketones is 1. The van der Waals surface area contributed by atoms with Crippen molar-refractivity contribution in [3.63, 3.8) is 0 Å². The van der Waals surface area contributed by atoms with Crippen LogP contribution < -0.4 is 10.1 Å². The van der Waals surface area contributed by atoms with Gasteiger partial charge in [0, 0.05) is 30.0 Å². The molecule has 3 amide bonds. The van der Waals surface area contributed by atoms with Gasteiger partial charge in [0.1, 0.15) is 5.75 Å². The maximum absolute atomic E-state index is 12.1. The summed E-state index contributed by atoms with van der Waals surface area (Å²) in [6.07, 6.45) is -1.03. The maximum atomic E-state index is 12.1. The van der Waals surface area contributed by atoms with Crippen LogP contribution in [0.5, 0.6) is 5.75 Å². The molecule has 0 spiro atoms. The van der Waals surface area contributed by atoms with Crippen molar-refractivity contribution >= 4 is 35.5 Å². The van der Waals surface area contributed by atoms with Crippen LogP contribution >= 0.6 is 11.8 Å². The smallest absolute Gasteiger partial charge is 0.324 e. The summed E-state index contributed by atoms with van der Waals surface area (Å²) in [6.45, 7) is 3.58.